The molecule has 0 aliphatic heterocycles. The molecule has 0 radical (unpaired) electrons. The van der Waals surface area contributed by atoms with Crippen LogP contribution in [0.4, 0.5) is 8.78 Å². The third-order valence-electron chi connectivity index (χ3n) is 2.69. The Balaban J connectivity index is 2.13. The fourth-order valence-corrected chi connectivity index (χ4v) is 1.99. The summed E-state index contributed by atoms with van der Waals surface area (Å²) in [5.41, 5.74) is 1.03. The highest BCUT2D eigenvalue weighted by atomic mass is 35.5. The maximum atomic E-state index is 12.2. The van der Waals surface area contributed by atoms with Crippen molar-refractivity contribution in [1.82, 2.24) is 0 Å². The summed E-state index contributed by atoms with van der Waals surface area (Å²) >= 11 is 6.11. The molecule has 0 heterocycles. The van der Waals surface area contributed by atoms with Crippen LogP contribution in [0.3, 0.4) is 0 Å². The first kappa shape index (κ1) is 14.5. The molecule has 0 aromatic heterocycles. The van der Waals surface area contributed by atoms with Gasteiger partial charge in [0.05, 0.1) is 0 Å². The Kier molecular flexibility index (Phi) is 4.69. The van der Waals surface area contributed by atoms with Gasteiger partial charge in [-0.2, -0.15) is 8.78 Å². The van der Waals surface area contributed by atoms with Crippen LogP contribution in [0.2, 0.25) is 0 Å². The smallest absolute Gasteiger partial charge is 0.387 e. The Labute approximate surface area is 119 Å². The fraction of sp³-hybridized carbons (Fsp3) is 0.133. The molecule has 2 rings (SSSR count). The van der Waals surface area contributed by atoms with Crippen molar-refractivity contribution in [3.8, 4) is 5.75 Å². The molecular weight excluding hydrogens is 286 g/mol. The van der Waals surface area contributed by atoms with Crippen LogP contribution in [0, 0.1) is 0 Å². The largest absolute Gasteiger partial charge is 0.435 e. The number of rotatable bonds is 5. The van der Waals surface area contributed by atoms with Gasteiger partial charge in [0.1, 0.15) is 11.1 Å². The Morgan fingerprint density at radius 1 is 1.00 bits per heavy atom. The number of halogens is 3. The van der Waals surface area contributed by atoms with Gasteiger partial charge in [-0.25, -0.2) is 0 Å². The first-order chi connectivity index (χ1) is 9.58. The number of ether oxygens (including phenoxy) is 1. The van der Waals surface area contributed by atoms with Crippen LogP contribution < -0.4 is 4.74 Å². The van der Waals surface area contributed by atoms with Crippen LogP contribution in [0.1, 0.15) is 21.3 Å². The van der Waals surface area contributed by atoms with E-state index >= 15 is 0 Å². The van der Waals surface area contributed by atoms with Gasteiger partial charge < -0.3 is 4.74 Å². The summed E-state index contributed by atoms with van der Waals surface area (Å²) < 4.78 is 28.3. The Morgan fingerprint density at radius 2 is 1.60 bits per heavy atom. The highest BCUT2D eigenvalue weighted by molar-refractivity contribution is 6.33. The van der Waals surface area contributed by atoms with E-state index in [-0.39, 0.29) is 11.5 Å². The third-order valence-corrected chi connectivity index (χ3v) is 3.14. The molecule has 0 aliphatic rings. The maximum Gasteiger partial charge on any atom is 0.387 e. The summed E-state index contributed by atoms with van der Waals surface area (Å²) in [5, 5.41) is -0.807. The zero-order valence-electron chi connectivity index (χ0n) is 10.3. The number of carbonyl (C=O) groups is 1. The van der Waals surface area contributed by atoms with E-state index in [0.29, 0.717) is 11.1 Å². The van der Waals surface area contributed by atoms with Crippen LogP contribution in [0.25, 0.3) is 0 Å². The van der Waals surface area contributed by atoms with Crippen LogP contribution in [-0.2, 0) is 0 Å². The summed E-state index contributed by atoms with van der Waals surface area (Å²) in [5.74, 6) is -0.288. The van der Waals surface area contributed by atoms with Gasteiger partial charge in [0.2, 0.25) is 0 Å². The summed E-state index contributed by atoms with van der Waals surface area (Å²) in [6, 6.07) is 14.4. The summed E-state index contributed by atoms with van der Waals surface area (Å²) in [4.78, 5) is 12.2. The van der Waals surface area contributed by atoms with Crippen LogP contribution >= 0.6 is 11.6 Å². The third kappa shape index (κ3) is 3.54. The highest BCUT2D eigenvalue weighted by Crippen LogP contribution is 2.26. The van der Waals surface area contributed by atoms with Gasteiger partial charge in [-0.3, -0.25) is 4.79 Å². The van der Waals surface area contributed by atoms with Crippen molar-refractivity contribution in [3.05, 3.63) is 65.7 Å². The molecule has 5 heteroatoms. The molecule has 0 amide bonds. The number of alkyl halides is 3. The van der Waals surface area contributed by atoms with E-state index in [1.165, 1.54) is 24.3 Å². The van der Waals surface area contributed by atoms with Crippen molar-refractivity contribution in [2.45, 2.75) is 12.0 Å². The average molecular weight is 297 g/mol. The van der Waals surface area contributed by atoms with Crippen LogP contribution in [0.5, 0.6) is 5.75 Å². The second kappa shape index (κ2) is 6.48. The minimum Gasteiger partial charge on any atom is -0.435 e. The molecule has 2 aromatic rings. The number of carbonyl (C=O) groups excluding carboxylic acids is 1. The lowest BCUT2D eigenvalue weighted by Gasteiger charge is -2.10. The standard InChI is InChI=1S/C15H11ClF2O2/c16-13(10-4-2-1-3-5-10)14(19)11-6-8-12(9-7-11)20-15(17)18/h1-9,13,15H. The van der Waals surface area contributed by atoms with Crippen molar-refractivity contribution in [1.29, 1.82) is 0 Å². The second-order valence-electron chi connectivity index (χ2n) is 4.04. The van der Waals surface area contributed by atoms with Gasteiger partial charge in [-0.05, 0) is 29.8 Å². The van der Waals surface area contributed by atoms with E-state index in [1.54, 1.807) is 24.3 Å². The minimum absolute atomic E-state index is 0.00221. The Hall–Kier alpha value is -1.94. The molecule has 1 unspecified atom stereocenters. The Morgan fingerprint density at radius 3 is 2.15 bits per heavy atom. The van der Waals surface area contributed by atoms with Gasteiger partial charge in [-0.1, -0.05) is 30.3 Å². The van der Waals surface area contributed by atoms with Crippen molar-refractivity contribution >= 4 is 17.4 Å². The van der Waals surface area contributed by atoms with Crippen LogP contribution in [-0.4, -0.2) is 12.4 Å². The summed E-state index contributed by atoms with van der Waals surface area (Å²) in [6.45, 7) is -2.89. The summed E-state index contributed by atoms with van der Waals surface area (Å²) in [7, 11) is 0. The van der Waals surface area contributed by atoms with Gasteiger partial charge in [0.15, 0.2) is 5.78 Å². The number of hydrogen-bond donors (Lipinski definition) is 0. The molecule has 1 atom stereocenters. The molecule has 0 N–H and O–H groups in total. The van der Waals surface area contributed by atoms with E-state index in [1.807, 2.05) is 6.07 Å². The number of ketones is 1. The quantitative estimate of drug-likeness (QED) is 0.602. The molecular formula is C15H11ClF2O2. The molecule has 104 valence electrons. The molecule has 0 aliphatic carbocycles. The normalized spacial score (nSPS) is 12.2. The molecule has 20 heavy (non-hydrogen) atoms. The molecule has 0 spiro atoms. The van der Waals surface area contributed by atoms with Gasteiger partial charge in [-0.15, -0.1) is 11.6 Å². The highest BCUT2D eigenvalue weighted by Gasteiger charge is 2.19. The lowest BCUT2D eigenvalue weighted by Crippen LogP contribution is -2.08. The van der Waals surface area contributed by atoms with E-state index in [9.17, 15) is 13.6 Å². The monoisotopic (exact) mass is 296 g/mol. The lowest BCUT2D eigenvalue weighted by molar-refractivity contribution is -0.0498. The summed E-state index contributed by atoms with van der Waals surface area (Å²) in [6.07, 6.45) is 0. The zero-order chi connectivity index (χ0) is 14.5. The molecule has 0 fully saturated rings. The van der Waals surface area contributed by atoms with E-state index in [0.717, 1.165) is 0 Å². The molecule has 0 saturated carbocycles. The first-order valence-corrected chi connectivity index (χ1v) is 6.29. The van der Waals surface area contributed by atoms with Crippen molar-refractivity contribution in [2.24, 2.45) is 0 Å². The zero-order valence-corrected chi connectivity index (χ0v) is 11.1. The van der Waals surface area contributed by atoms with E-state index in [4.69, 9.17) is 11.6 Å². The van der Waals surface area contributed by atoms with Crippen molar-refractivity contribution in [2.75, 3.05) is 0 Å². The fourth-order valence-electron chi connectivity index (χ4n) is 1.72. The second-order valence-corrected chi connectivity index (χ2v) is 4.48. The lowest BCUT2D eigenvalue weighted by atomic mass is 10.0. The SMILES string of the molecule is O=C(c1ccc(OC(F)F)cc1)C(Cl)c1ccccc1. The predicted molar refractivity (Wildman–Crippen MR) is 72.4 cm³/mol. The van der Waals surface area contributed by atoms with E-state index < -0.39 is 12.0 Å². The van der Waals surface area contributed by atoms with Gasteiger partial charge in [0.25, 0.3) is 0 Å². The number of hydrogen-bond acceptors (Lipinski definition) is 2. The number of Topliss-reactive ketones (excluding diaryl/α,β-unsaturated/α-hetero) is 1. The minimum atomic E-state index is -2.89. The molecule has 0 saturated heterocycles. The molecule has 2 aromatic carbocycles. The average Bonchev–Trinajstić information content (AvgIpc) is 2.47. The first-order valence-electron chi connectivity index (χ1n) is 5.86. The predicted octanol–water partition coefficient (Wildman–Crippen LogP) is 4.45. The Bertz CT molecular complexity index is 570. The van der Waals surface area contributed by atoms with Crippen molar-refractivity contribution in [3.63, 3.8) is 0 Å². The molecule has 2 nitrogen and oxygen atoms in total. The topological polar surface area (TPSA) is 26.3 Å². The van der Waals surface area contributed by atoms with E-state index in [2.05, 4.69) is 4.74 Å². The van der Waals surface area contributed by atoms with Gasteiger partial charge in [0, 0.05) is 5.56 Å². The van der Waals surface area contributed by atoms with Gasteiger partial charge >= 0.3 is 6.61 Å². The van der Waals surface area contributed by atoms with Crippen molar-refractivity contribution < 1.29 is 18.3 Å². The molecule has 0 bridgehead atoms. The maximum absolute atomic E-state index is 12.2. The van der Waals surface area contributed by atoms with Crippen LogP contribution in [0.15, 0.2) is 54.6 Å². The number of benzene rings is 2.